The van der Waals surface area contributed by atoms with Crippen LogP contribution in [0.15, 0.2) is 35.3 Å². The number of benzene rings is 1. The standard InChI is InChI=1S/C19H32N4O/c1-2-20-19(21-12-8-16-23-14-6-7-15-23)22-13-11-18(24)17-9-4-3-5-10-17/h3-5,9-10,18,24H,2,6-8,11-16H2,1H3,(H2,20,21,22). The third kappa shape index (κ3) is 6.89. The molecule has 1 aliphatic heterocycles. The zero-order valence-corrected chi connectivity index (χ0v) is 14.9. The van der Waals surface area contributed by atoms with Crippen molar-refractivity contribution in [2.75, 3.05) is 39.3 Å². The number of guanidine groups is 1. The fourth-order valence-corrected chi connectivity index (χ4v) is 3.00. The summed E-state index contributed by atoms with van der Waals surface area (Å²) in [6.45, 7) is 8.11. The molecule has 0 bridgehead atoms. The molecule has 0 amide bonds. The van der Waals surface area contributed by atoms with E-state index in [1.165, 1.54) is 25.9 Å². The lowest BCUT2D eigenvalue weighted by molar-refractivity contribution is 0.168. The van der Waals surface area contributed by atoms with E-state index >= 15 is 0 Å². The number of aliphatic hydroxyl groups is 1. The highest BCUT2D eigenvalue weighted by Gasteiger charge is 2.10. The van der Waals surface area contributed by atoms with Gasteiger partial charge in [-0.25, -0.2) is 0 Å². The molecule has 0 saturated carbocycles. The molecule has 1 heterocycles. The lowest BCUT2D eigenvalue weighted by Crippen LogP contribution is -2.38. The van der Waals surface area contributed by atoms with Crippen LogP contribution in [-0.4, -0.2) is 55.2 Å². The Morgan fingerprint density at radius 3 is 2.67 bits per heavy atom. The lowest BCUT2D eigenvalue weighted by Gasteiger charge is -2.15. The van der Waals surface area contributed by atoms with E-state index in [1.807, 2.05) is 30.3 Å². The molecule has 5 heteroatoms. The highest BCUT2D eigenvalue weighted by Crippen LogP contribution is 2.14. The van der Waals surface area contributed by atoms with Crippen LogP contribution in [0.25, 0.3) is 0 Å². The molecule has 134 valence electrons. The highest BCUT2D eigenvalue weighted by molar-refractivity contribution is 5.79. The highest BCUT2D eigenvalue weighted by atomic mass is 16.3. The second-order valence-corrected chi connectivity index (χ2v) is 6.30. The first-order valence-corrected chi connectivity index (χ1v) is 9.27. The van der Waals surface area contributed by atoms with Crippen LogP contribution in [0.1, 0.15) is 44.3 Å². The van der Waals surface area contributed by atoms with Gasteiger partial charge in [-0.05, 0) is 57.8 Å². The van der Waals surface area contributed by atoms with Gasteiger partial charge in [-0.1, -0.05) is 30.3 Å². The Kier molecular flexibility index (Phi) is 8.63. The van der Waals surface area contributed by atoms with Crippen LogP contribution in [0.5, 0.6) is 0 Å². The maximum Gasteiger partial charge on any atom is 0.191 e. The van der Waals surface area contributed by atoms with Gasteiger partial charge in [0.05, 0.1) is 6.10 Å². The molecule has 3 N–H and O–H groups in total. The van der Waals surface area contributed by atoms with Crippen molar-refractivity contribution in [2.24, 2.45) is 4.99 Å². The molecule has 24 heavy (non-hydrogen) atoms. The predicted octanol–water partition coefficient (Wildman–Crippen LogP) is 2.15. The first-order chi connectivity index (χ1) is 11.8. The second-order valence-electron chi connectivity index (χ2n) is 6.30. The Balaban J connectivity index is 1.66. The van der Waals surface area contributed by atoms with Gasteiger partial charge in [0.1, 0.15) is 0 Å². The molecule has 0 radical (unpaired) electrons. The molecule has 1 atom stereocenters. The normalized spacial score (nSPS) is 17.0. The molecule has 5 nitrogen and oxygen atoms in total. The van der Waals surface area contributed by atoms with Crippen LogP contribution >= 0.6 is 0 Å². The fourth-order valence-electron chi connectivity index (χ4n) is 3.00. The van der Waals surface area contributed by atoms with Crippen molar-refractivity contribution < 1.29 is 5.11 Å². The molecule has 1 aromatic rings. The van der Waals surface area contributed by atoms with E-state index in [4.69, 9.17) is 0 Å². The Hall–Kier alpha value is -1.59. The summed E-state index contributed by atoms with van der Waals surface area (Å²) in [5.41, 5.74) is 0.965. The number of rotatable bonds is 9. The number of hydrogen-bond donors (Lipinski definition) is 3. The molecule has 1 unspecified atom stereocenters. The first kappa shape index (κ1) is 18.7. The van der Waals surface area contributed by atoms with Crippen molar-refractivity contribution in [3.05, 3.63) is 35.9 Å². The Bertz CT molecular complexity index is 472. The van der Waals surface area contributed by atoms with Crippen molar-refractivity contribution in [3.8, 4) is 0 Å². The maximum atomic E-state index is 10.2. The second kappa shape index (κ2) is 11.0. The average Bonchev–Trinajstić information content (AvgIpc) is 3.12. The van der Waals surface area contributed by atoms with Gasteiger partial charge in [0.15, 0.2) is 5.96 Å². The zero-order chi connectivity index (χ0) is 17.0. The van der Waals surface area contributed by atoms with Crippen molar-refractivity contribution in [1.29, 1.82) is 0 Å². The number of likely N-dealkylation sites (tertiary alicyclic amines) is 1. The lowest BCUT2D eigenvalue weighted by atomic mass is 10.1. The van der Waals surface area contributed by atoms with Crippen LogP contribution in [0.4, 0.5) is 0 Å². The molecule has 1 aliphatic rings. The van der Waals surface area contributed by atoms with Crippen LogP contribution in [0.2, 0.25) is 0 Å². The Morgan fingerprint density at radius 1 is 1.21 bits per heavy atom. The minimum atomic E-state index is -0.434. The van der Waals surface area contributed by atoms with E-state index in [2.05, 4.69) is 27.4 Å². The Labute approximate surface area is 146 Å². The minimum absolute atomic E-state index is 0.434. The summed E-state index contributed by atoms with van der Waals surface area (Å²) in [5.74, 6) is 0.846. The summed E-state index contributed by atoms with van der Waals surface area (Å²) in [6.07, 6.45) is 4.02. The van der Waals surface area contributed by atoms with Crippen molar-refractivity contribution >= 4 is 5.96 Å². The van der Waals surface area contributed by atoms with Crippen molar-refractivity contribution in [2.45, 2.75) is 38.7 Å². The Morgan fingerprint density at radius 2 is 1.96 bits per heavy atom. The smallest absolute Gasteiger partial charge is 0.191 e. The monoisotopic (exact) mass is 332 g/mol. The van der Waals surface area contributed by atoms with Crippen molar-refractivity contribution in [3.63, 3.8) is 0 Å². The summed E-state index contributed by atoms with van der Waals surface area (Å²) in [6, 6.07) is 9.80. The molecular formula is C19H32N4O. The van der Waals surface area contributed by atoms with E-state index in [0.717, 1.165) is 37.6 Å². The molecule has 1 fully saturated rings. The van der Waals surface area contributed by atoms with Gasteiger partial charge in [-0.15, -0.1) is 0 Å². The van der Waals surface area contributed by atoms with E-state index in [0.29, 0.717) is 13.0 Å². The molecule has 0 spiro atoms. The van der Waals surface area contributed by atoms with Gasteiger partial charge < -0.3 is 20.6 Å². The minimum Gasteiger partial charge on any atom is -0.388 e. The number of nitrogens with zero attached hydrogens (tertiary/aromatic N) is 2. The summed E-state index contributed by atoms with van der Waals surface area (Å²) < 4.78 is 0. The van der Waals surface area contributed by atoms with Gasteiger partial charge >= 0.3 is 0 Å². The maximum absolute atomic E-state index is 10.2. The van der Waals surface area contributed by atoms with Gasteiger partial charge in [0, 0.05) is 19.6 Å². The van der Waals surface area contributed by atoms with Crippen LogP contribution < -0.4 is 10.6 Å². The first-order valence-electron chi connectivity index (χ1n) is 9.27. The number of aliphatic hydroxyl groups excluding tert-OH is 1. The number of aliphatic imine (C=N–C) groups is 1. The number of nitrogens with one attached hydrogen (secondary N) is 2. The largest absolute Gasteiger partial charge is 0.388 e. The van der Waals surface area contributed by atoms with Crippen LogP contribution in [-0.2, 0) is 0 Å². The van der Waals surface area contributed by atoms with E-state index < -0.39 is 6.10 Å². The quantitative estimate of drug-likeness (QED) is 0.368. The summed E-state index contributed by atoms with van der Waals surface area (Å²) >= 11 is 0. The van der Waals surface area contributed by atoms with Gasteiger partial charge in [-0.3, -0.25) is 4.99 Å². The molecular weight excluding hydrogens is 300 g/mol. The fraction of sp³-hybridized carbons (Fsp3) is 0.632. The average molecular weight is 332 g/mol. The summed E-state index contributed by atoms with van der Waals surface area (Å²) in [7, 11) is 0. The third-order valence-electron chi connectivity index (χ3n) is 4.34. The zero-order valence-electron chi connectivity index (χ0n) is 14.9. The van der Waals surface area contributed by atoms with Crippen LogP contribution in [0, 0.1) is 0 Å². The van der Waals surface area contributed by atoms with Gasteiger partial charge in [-0.2, -0.15) is 0 Å². The van der Waals surface area contributed by atoms with Crippen LogP contribution in [0.3, 0.4) is 0 Å². The molecule has 1 aromatic carbocycles. The summed E-state index contributed by atoms with van der Waals surface area (Å²) in [4.78, 5) is 7.15. The van der Waals surface area contributed by atoms with E-state index in [9.17, 15) is 5.11 Å². The van der Waals surface area contributed by atoms with E-state index in [1.54, 1.807) is 0 Å². The van der Waals surface area contributed by atoms with Gasteiger partial charge in [0.25, 0.3) is 0 Å². The van der Waals surface area contributed by atoms with Crippen molar-refractivity contribution in [1.82, 2.24) is 15.5 Å². The SMILES string of the molecule is CCNC(=NCCCN1CCCC1)NCCC(O)c1ccccc1. The topological polar surface area (TPSA) is 59.9 Å². The molecule has 0 aromatic heterocycles. The number of hydrogen-bond acceptors (Lipinski definition) is 3. The summed E-state index contributed by atoms with van der Waals surface area (Å²) in [5, 5.41) is 16.8. The van der Waals surface area contributed by atoms with Gasteiger partial charge in [0.2, 0.25) is 0 Å². The molecule has 1 saturated heterocycles. The third-order valence-corrected chi connectivity index (χ3v) is 4.34. The predicted molar refractivity (Wildman–Crippen MR) is 100 cm³/mol. The molecule has 0 aliphatic carbocycles. The van der Waals surface area contributed by atoms with E-state index in [-0.39, 0.29) is 0 Å². The molecule has 2 rings (SSSR count).